The quantitative estimate of drug-likeness (QED) is 0.470. The van der Waals surface area contributed by atoms with Crippen molar-refractivity contribution in [3.63, 3.8) is 0 Å². The van der Waals surface area contributed by atoms with Crippen molar-refractivity contribution < 1.29 is 27.9 Å². The summed E-state index contributed by atoms with van der Waals surface area (Å²) in [4.78, 5) is 49.1. The van der Waals surface area contributed by atoms with E-state index < -0.39 is 34.6 Å². The number of aromatic nitrogens is 1. The first-order valence-corrected chi connectivity index (χ1v) is 13.9. The Hall–Kier alpha value is -4.54. The Morgan fingerprint density at radius 3 is 2.69 bits per heavy atom. The number of carbonyl (C=O) groups excluding carboxylic acids is 2. The molecule has 3 atom stereocenters. The summed E-state index contributed by atoms with van der Waals surface area (Å²) in [6.45, 7) is 3.86. The molecule has 0 radical (unpaired) electrons. The molecule has 2 aromatic carbocycles. The number of oxime groups is 1. The largest absolute Gasteiger partial charge is 0.483 e. The fraction of sp³-hybridized carbons (Fsp3) is 0.355. The first-order valence-electron chi connectivity index (χ1n) is 13.9. The van der Waals surface area contributed by atoms with Gasteiger partial charge < -0.3 is 24.4 Å². The molecular formula is C31H30F2N4O5. The monoisotopic (exact) mass is 576 g/mol. The number of pyridine rings is 1. The van der Waals surface area contributed by atoms with Crippen LogP contribution >= 0.6 is 0 Å². The van der Waals surface area contributed by atoms with Crippen molar-refractivity contribution in [3.05, 3.63) is 99.0 Å². The second-order valence-corrected chi connectivity index (χ2v) is 11.2. The molecule has 42 heavy (non-hydrogen) atoms. The molecule has 6 rings (SSSR count). The second kappa shape index (κ2) is 10.7. The summed E-state index contributed by atoms with van der Waals surface area (Å²) in [6.07, 6.45) is 3.18. The maximum absolute atomic E-state index is 14.2. The molecule has 218 valence electrons. The van der Waals surface area contributed by atoms with Gasteiger partial charge in [-0.3, -0.25) is 14.4 Å². The maximum Gasteiger partial charge on any atom is 0.274 e. The average Bonchev–Trinajstić information content (AvgIpc) is 3.31. The van der Waals surface area contributed by atoms with E-state index in [2.05, 4.69) is 10.5 Å². The highest BCUT2D eigenvalue weighted by atomic mass is 19.1. The van der Waals surface area contributed by atoms with Gasteiger partial charge in [0.25, 0.3) is 11.8 Å². The Morgan fingerprint density at radius 2 is 1.98 bits per heavy atom. The van der Waals surface area contributed by atoms with Crippen LogP contribution in [0.25, 0.3) is 0 Å². The molecule has 2 bridgehead atoms. The summed E-state index contributed by atoms with van der Waals surface area (Å²) in [7, 11) is 0. The minimum Gasteiger partial charge on any atom is -0.483 e. The molecule has 3 aromatic rings. The Bertz CT molecular complexity index is 1660. The van der Waals surface area contributed by atoms with E-state index in [4.69, 9.17) is 9.57 Å². The fourth-order valence-corrected chi connectivity index (χ4v) is 6.07. The van der Waals surface area contributed by atoms with Gasteiger partial charge in [0.05, 0.1) is 11.8 Å². The highest BCUT2D eigenvalue weighted by Crippen LogP contribution is 2.46. The number of nitrogens with one attached hydrogen (secondary N) is 1. The predicted octanol–water partition coefficient (Wildman–Crippen LogP) is 4.35. The van der Waals surface area contributed by atoms with Gasteiger partial charge in [0, 0.05) is 43.4 Å². The molecule has 1 aromatic heterocycles. The molecular weight excluding hydrogens is 546 g/mol. The summed E-state index contributed by atoms with van der Waals surface area (Å²) in [5.41, 5.74) is -0.119. The molecule has 1 saturated heterocycles. The second-order valence-electron chi connectivity index (χ2n) is 11.2. The van der Waals surface area contributed by atoms with Crippen LogP contribution in [0.15, 0.2) is 64.7 Å². The summed E-state index contributed by atoms with van der Waals surface area (Å²) >= 11 is 0. The van der Waals surface area contributed by atoms with Crippen molar-refractivity contribution in [3.8, 4) is 5.75 Å². The summed E-state index contributed by atoms with van der Waals surface area (Å²) < 4.78 is 35.3. The number of benzene rings is 2. The van der Waals surface area contributed by atoms with Gasteiger partial charge in [0.2, 0.25) is 5.43 Å². The van der Waals surface area contributed by atoms with Gasteiger partial charge in [0.15, 0.2) is 17.0 Å². The third kappa shape index (κ3) is 4.82. The van der Waals surface area contributed by atoms with Crippen molar-refractivity contribution in [2.75, 3.05) is 6.54 Å². The van der Waals surface area contributed by atoms with E-state index in [0.717, 1.165) is 23.4 Å². The molecule has 2 amide bonds. The van der Waals surface area contributed by atoms with E-state index in [0.29, 0.717) is 25.8 Å². The number of fused-ring (bicyclic) bond motifs is 5. The summed E-state index contributed by atoms with van der Waals surface area (Å²) in [5, 5.41) is 6.79. The zero-order chi connectivity index (χ0) is 29.6. The molecule has 3 aliphatic heterocycles. The van der Waals surface area contributed by atoms with Crippen LogP contribution < -0.4 is 15.5 Å². The number of carbonyl (C=O) groups is 2. The van der Waals surface area contributed by atoms with Crippen molar-refractivity contribution in [2.24, 2.45) is 5.16 Å². The molecule has 11 heteroatoms. The number of nitrogens with zero attached hydrogens (tertiary/aromatic N) is 3. The highest BCUT2D eigenvalue weighted by Gasteiger charge is 2.53. The third-order valence-corrected chi connectivity index (χ3v) is 8.35. The van der Waals surface area contributed by atoms with Gasteiger partial charge in [-0.2, -0.15) is 0 Å². The number of rotatable bonds is 6. The Kier molecular flexibility index (Phi) is 7.04. The van der Waals surface area contributed by atoms with Crippen molar-refractivity contribution >= 4 is 17.5 Å². The smallest absolute Gasteiger partial charge is 0.274 e. The van der Waals surface area contributed by atoms with Crippen LogP contribution in [0.2, 0.25) is 0 Å². The highest BCUT2D eigenvalue weighted by molar-refractivity contribution is 5.99. The molecule has 9 nitrogen and oxygen atoms in total. The Balaban J connectivity index is 1.45. The molecule has 0 aliphatic carbocycles. The Morgan fingerprint density at radius 1 is 1.19 bits per heavy atom. The number of ether oxygens (including phenoxy) is 1. The van der Waals surface area contributed by atoms with Gasteiger partial charge in [-0.05, 0) is 38.3 Å². The number of hydrogen-bond donors (Lipinski definition) is 1. The third-order valence-electron chi connectivity index (χ3n) is 8.35. The van der Waals surface area contributed by atoms with Crippen molar-refractivity contribution in [1.29, 1.82) is 0 Å². The SMILES string of the molecule is CC1=NO[C@]2(CC[C@H](C)N3C[C@H]2n2cc(C(=O)NCc4ccc(F)cc4F)c(=O)c(OCc4ccccc4)c2C3=O)C1. The summed E-state index contributed by atoms with van der Waals surface area (Å²) in [6, 6.07) is 11.6. The lowest BCUT2D eigenvalue weighted by Gasteiger charge is -2.42. The van der Waals surface area contributed by atoms with Crippen LogP contribution in [0.1, 0.15) is 71.1 Å². The molecule has 0 unspecified atom stereocenters. The van der Waals surface area contributed by atoms with Crippen LogP contribution in [0.3, 0.4) is 0 Å². The van der Waals surface area contributed by atoms with Crippen molar-refractivity contribution in [2.45, 2.75) is 63.9 Å². The minimum atomic E-state index is -0.821. The normalized spacial score (nSPS) is 22.7. The van der Waals surface area contributed by atoms with Gasteiger partial charge in [-0.25, -0.2) is 8.78 Å². The van der Waals surface area contributed by atoms with Gasteiger partial charge >= 0.3 is 0 Å². The lowest BCUT2D eigenvalue weighted by Crippen LogP contribution is -2.52. The molecule has 4 heterocycles. The fourth-order valence-electron chi connectivity index (χ4n) is 6.07. The number of amides is 2. The van der Waals surface area contributed by atoms with Gasteiger partial charge in [-0.15, -0.1) is 0 Å². The number of halogens is 2. The zero-order valence-electron chi connectivity index (χ0n) is 23.2. The molecule has 1 fully saturated rings. The lowest BCUT2D eigenvalue weighted by atomic mass is 9.84. The topological polar surface area (TPSA) is 102 Å². The van der Waals surface area contributed by atoms with Crippen LogP contribution in [0.5, 0.6) is 5.75 Å². The van der Waals surface area contributed by atoms with E-state index >= 15 is 0 Å². The minimum absolute atomic E-state index is 0.00763. The van der Waals surface area contributed by atoms with Gasteiger partial charge in [0.1, 0.15) is 23.8 Å². The summed E-state index contributed by atoms with van der Waals surface area (Å²) in [5.74, 6) is -2.95. The van der Waals surface area contributed by atoms with E-state index in [1.54, 1.807) is 9.47 Å². The average molecular weight is 577 g/mol. The molecule has 1 spiro atoms. The molecule has 0 saturated carbocycles. The van der Waals surface area contributed by atoms with Crippen LogP contribution in [-0.2, 0) is 18.0 Å². The standard InChI is InChI=1S/C31H30F2N4O5/c1-18-13-31(42-35-18)11-10-19(2)36-16-25(31)37-15-23(29(39)34-14-21-8-9-22(32)12-24(21)33)27(38)28(26(37)30(36)40)41-17-20-6-4-3-5-7-20/h3-9,12,15,19,25H,10-11,13-14,16-17H2,1-2H3,(H,34,39)/t19-,25+,31+/m0/s1. The van der Waals surface area contributed by atoms with E-state index in [9.17, 15) is 23.2 Å². The lowest BCUT2D eigenvalue weighted by molar-refractivity contribution is -0.0656. The zero-order valence-corrected chi connectivity index (χ0v) is 23.2. The first-order chi connectivity index (χ1) is 20.2. The molecule has 1 N–H and O–H groups in total. The van der Waals surface area contributed by atoms with Crippen LogP contribution in [0, 0.1) is 11.6 Å². The van der Waals surface area contributed by atoms with E-state index in [-0.39, 0.29) is 47.7 Å². The van der Waals surface area contributed by atoms with Gasteiger partial charge in [-0.1, -0.05) is 41.6 Å². The molecule has 3 aliphatic rings. The van der Waals surface area contributed by atoms with E-state index in [1.165, 1.54) is 12.3 Å². The first kappa shape index (κ1) is 27.6. The van der Waals surface area contributed by atoms with Crippen LogP contribution in [-0.4, -0.2) is 45.2 Å². The van der Waals surface area contributed by atoms with Crippen LogP contribution in [0.4, 0.5) is 8.78 Å². The maximum atomic E-state index is 14.2. The predicted molar refractivity (Wildman–Crippen MR) is 149 cm³/mol. The number of hydrogen-bond acceptors (Lipinski definition) is 6. The van der Waals surface area contributed by atoms with E-state index in [1.807, 2.05) is 44.2 Å². The van der Waals surface area contributed by atoms with Crippen molar-refractivity contribution in [1.82, 2.24) is 14.8 Å². The Labute approximate surface area is 240 Å².